The first-order valence-electron chi connectivity index (χ1n) is 11.2. The van der Waals surface area contributed by atoms with Gasteiger partial charge < -0.3 is 21.3 Å². The van der Waals surface area contributed by atoms with E-state index in [-0.39, 0.29) is 36.0 Å². The van der Waals surface area contributed by atoms with E-state index < -0.39 is 0 Å². The van der Waals surface area contributed by atoms with Gasteiger partial charge in [-0.3, -0.25) is 9.89 Å². The lowest BCUT2D eigenvalue weighted by atomic mass is 10.1. The molecule has 0 aliphatic rings. The summed E-state index contributed by atoms with van der Waals surface area (Å²) >= 11 is 0. The molecule has 1 unspecified atom stereocenters. The van der Waals surface area contributed by atoms with Crippen LogP contribution in [0.1, 0.15) is 38.3 Å². The predicted octanol–water partition coefficient (Wildman–Crippen LogP) is 4.41. The van der Waals surface area contributed by atoms with Crippen molar-refractivity contribution in [1.29, 1.82) is 0 Å². The third kappa shape index (κ3) is 11.4. The zero-order valence-corrected chi connectivity index (χ0v) is 22.7. The molecule has 1 atom stereocenters. The number of amides is 2. The zero-order chi connectivity index (χ0) is 23.3. The molecule has 0 aliphatic heterocycles. The first-order valence-corrected chi connectivity index (χ1v) is 11.2. The summed E-state index contributed by atoms with van der Waals surface area (Å²) in [4.78, 5) is 18.5. The third-order valence-electron chi connectivity index (χ3n) is 5.20. The van der Waals surface area contributed by atoms with E-state index in [4.69, 9.17) is 0 Å². The number of anilines is 1. The van der Waals surface area contributed by atoms with Gasteiger partial charge >= 0.3 is 6.03 Å². The lowest BCUT2D eigenvalue weighted by Crippen LogP contribution is -2.39. The maximum absolute atomic E-state index is 11.8. The second-order valence-corrected chi connectivity index (χ2v) is 8.34. The number of carbonyl (C=O) groups is 1. The zero-order valence-electron chi connectivity index (χ0n) is 20.4. The molecule has 33 heavy (non-hydrogen) atoms. The van der Waals surface area contributed by atoms with Gasteiger partial charge in [0.15, 0.2) is 5.96 Å². The third-order valence-corrected chi connectivity index (χ3v) is 5.20. The van der Waals surface area contributed by atoms with Crippen molar-refractivity contribution in [1.82, 2.24) is 20.9 Å². The Morgan fingerprint density at radius 2 is 1.64 bits per heavy atom. The Balaban J connectivity index is 0.00000544. The second-order valence-electron chi connectivity index (χ2n) is 8.34. The Kier molecular flexibility index (Phi) is 13.5. The molecule has 4 N–H and O–H groups in total. The van der Waals surface area contributed by atoms with Crippen LogP contribution in [0.2, 0.25) is 0 Å². The van der Waals surface area contributed by atoms with Gasteiger partial charge in [-0.05, 0) is 57.5 Å². The number of guanidine groups is 1. The Morgan fingerprint density at radius 3 is 2.24 bits per heavy atom. The summed E-state index contributed by atoms with van der Waals surface area (Å²) in [7, 11) is 3.94. The normalized spacial score (nSPS) is 12.2. The maximum atomic E-state index is 11.8. The number of halogens is 1. The molecule has 0 saturated carbocycles. The Labute approximate surface area is 215 Å². The molecule has 2 aromatic carbocycles. The minimum absolute atomic E-state index is 0. The van der Waals surface area contributed by atoms with Crippen LogP contribution in [-0.4, -0.2) is 49.6 Å². The van der Waals surface area contributed by atoms with Crippen molar-refractivity contribution < 1.29 is 4.79 Å². The Morgan fingerprint density at radius 1 is 0.970 bits per heavy atom. The number of nitrogens with zero attached hydrogens (tertiary/aromatic N) is 2. The van der Waals surface area contributed by atoms with Gasteiger partial charge in [-0.15, -0.1) is 24.0 Å². The van der Waals surface area contributed by atoms with E-state index in [9.17, 15) is 4.79 Å². The van der Waals surface area contributed by atoms with Gasteiger partial charge in [0.2, 0.25) is 0 Å². The standard InChI is InChI=1S/C25H38N6O.HI/c1-19(2)29-25(32)30-23-13-11-21(12-14-23)17-28-24(26-4)27-16-15-20(3)31(5)18-22-9-7-6-8-10-22;/h6-14,19-20H,15-18H2,1-5H3,(H2,26,27,28)(H2,29,30,32);1H. The average molecular weight is 567 g/mol. The minimum atomic E-state index is -0.195. The van der Waals surface area contributed by atoms with Crippen molar-refractivity contribution in [3.63, 3.8) is 0 Å². The summed E-state index contributed by atoms with van der Waals surface area (Å²) in [6, 6.07) is 18.7. The molecule has 0 aliphatic carbocycles. The predicted molar refractivity (Wildman–Crippen MR) is 149 cm³/mol. The molecule has 2 rings (SSSR count). The fourth-order valence-electron chi connectivity index (χ4n) is 3.19. The smallest absolute Gasteiger partial charge is 0.319 e. The molecule has 0 heterocycles. The molecule has 0 bridgehead atoms. The molecule has 7 nitrogen and oxygen atoms in total. The molecule has 0 spiro atoms. The summed E-state index contributed by atoms with van der Waals surface area (Å²) in [5, 5.41) is 12.4. The molecular weight excluding hydrogens is 527 g/mol. The maximum Gasteiger partial charge on any atom is 0.319 e. The van der Waals surface area contributed by atoms with Crippen molar-refractivity contribution in [3.8, 4) is 0 Å². The SMILES string of the molecule is CN=C(NCCC(C)N(C)Cc1ccccc1)NCc1ccc(NC(=O)NC(C)C)cc1.I. The molecule has 0 aromatic heterocycles. The highest BCUT2D eigenvalue weighted by Gasteiger charge is 2.10. The topological polar surface area (TPSA) is 80.8 Å². The van der Waals surface area contributed by atoms with E-state index >= 15 is 0 Å². The van der Waals surface area contributed by atoms with Crippen molar-refractivity contribution in [2.75, 3.05) is 26.0 Å². The highest BCUT2D eigenvalue weighted by atomic mass is 127. The van der Waals surface area contributed by atoms with Gasteiger partial charge in [-0.25, -0.2) is 4.79 Å². The molecule has 8 heteroatoms. The van der Waals surface area contributed by atoms with Gasteiger partial charge in [-0.2, -0.15) is 0 Å². The first kappa shape index (κ1) is 28.7. The lowest BCUT2D eigenvalue weighted by Gasteiger charge is -2.25. The van der Waals surface area contributed by atoms with Gasteiger partial charge in [0.25, 0.3) is 0 Å². The van der Waals surface area contributed by atoms with Gasteiger partial charge in [0.1, 0.15) is 0 Å². The molecule has 2 amide bonds. The van der Waals surface area contributed by atoms with Crippen molar-refractivity contribution in [3.05, 3.63) is 65.7 Å². The fraction of sp³-hybridized carbons (Fsp3) is 0.440. The van der Waals surface area contributed by atoms with E-state index in [1.807, 2.05) is 44.2 Å². The Bertz CT molecular complexity index is 842. The van der Waals surface area contributed by atoms with Crippen molar-refractivity contribution in [2.45, 2.75) is 52.4 Å². The van der Waals surface area contributed by atoms with Crippen LogP contribution in [0.15, 0.2) is 59.6 Å². The minimum Gasteiger partial charge on any atom is -0.356 e. The van der Waals surface area contributed by atoms with E-state index in [2.05, 4.69) is 69.4 Å². The molecule has 182 valence electrons. The van der Waals surface area contributed by atoms with Crippen LogP contribution in [-0.2, 0) is 13.1 Å². The summed E-state index contributed by atoms with van der Waals surface area (Å²) < 4.78 is 0. The average Bonchev–Trinajstić information content (AvgIpc) is 2.77. The fourth-order valence-corrected chi connectivity index (χ4v) is 3.19. The van der Waals surface area contributed by atoms with Crippen LogP contribution in [0, 0.1) is 0 Å². The van der Waals surface area contributed by atoms with Crippen molar-refractivity contribution >= 4 is 41.7 Å². The summed E-state index contributed by atoms with van der Waals surface area (Å²) in [6.07, 6.45) is 1.02. The number of rotatable bonds is 10. The monoisotopic (exact) mass is 566 g/mol. The van der Waals surface area contributed by atoms with E-state index in [1.54, 1.807) is 7.05 Å². The lowest BCUT2D eigenvalue weighted by molar-refractivity contribution is 0.238. The summed E-state index contributed by atoms with van der Waals surface area (Å²) in [5.41, 5.74) is 3.20. The number of urea groups is 1. The van der Waals surface area contributed by atoms with Crippen LogP contribution in [0.4, 0.5) is 10.5 Å². The van der Waals surface area contributed by atoms with E-state index in [0.717, 1.165) is 36.7 Å². The van der Waals surface area contributed by atoms with Crippen LogP contribution in [0.3, 0.4) is 0 Å². The number of nitrogens with one attached hydrogen (secondary N) is 4. The number of aliphatic imine (C=N–C) groups is 1. The van der Waals surface area contributed by atoms with Gasteiger partial charge in [-0.1, -0.05) is 42.5 Å². The van der Waals surface area contributed by atoms with Crippen LogP contribution < -0.4 is 21.3 Å². The number of carbonyl (C=O) groups excluding carboxylic acids is 1. The van der Waals surface area contributed by atoms with Crippen LogP contribution in [0.25, 0.3) is 0 Å². The van der Waals surface area contributed by atoms with Gasteiger partial charge in [0, 0.05) is 44.5 Å². The van der Waals surface area contributed by atoms with Crippen LogP contribution in [0.5, 0.6) is 0 Å². The summed E-state index contributed by atoms with van der Waals surface area (Å²) in [6.45, 7) is 8.55. The molecule has 0 radical (unpaired) electrons. The largest absolute Gasteiger partial charge is 0.356 e. The van der Waals surface area contributed by atoms with Gasteiger partial charge in [0.05, 0.1) is 0 Å². The Hall–Kier alpha value is -2.33. The molecule has 0 fully saturated rings. The van der Waals surface area contributed by atoms with E-state index in [1.165, 1.54) is 5.56 Å². The second kappa shape index (κ2) is 15.5. The number of hydrogen-bond acceptors (Lipinski definition) is 3. The molecule has 0 saturated heterocycles. The van der Waals surface area contributed by atoms with E-state index in [0.29, 0.717) is 12.6 Å². The highest BCUT2D eigenvalue weighted by Crippen LogP contribution is 2.10. The molecule has 2 aromatic rings. The molecular formula is C25H39IN6O. The van der Waals surface area contributed by atoms with Crippen LogP contribution >= 0.6 is 24.0 Å². The highest BCUT2D eigenvalue weighted by molar-refractivity contribution is 14.0. The first-order chi connectivity index (χ1) is 15.4. The number of benzene rings is 2. The van der Waals surface area contributed by atoms with Crippen molar-refractivity contribution in [2.24, 2.45) is 4.99 Å². The quantitative estimate of drug-likeness (QED) is 0.195. The summed E-state index contributed by atoms with van der Waals surface area (Å²) in [5.74, 6) is 0.779. The number of hydrogen-bond donors (Lipinski definition) is 4.